The molecule has 0 rings (SSSR count). The fourth-order valence-corrected chi connectivity index (χ4v) is 1.42. The lowest BCUT2D eigenvalue weighted by atomic mass is 10.5. The lowest BCUT2D eigenvalue weighted by molar-refractivity contribution is 0.106. The summed E-state index contributed by atoms with van der Waals surface area (Å²) in [6, 6.07) is 0. The standard InChI is InChI=1S/C6H14IO3P/c7-11-10-6-2-5-9-4-1-3-8/h8,11H,1-6H2. The van der Waals surface area contributed by atoms with Crippen LogP contribution in [0.5, 0.6) is 0 Å². The molecule has 0 aliphatic carbocycles. The zero-order valence-corrected chi connectivity index (χ0v) is 9.54. The van der Waals surface area contributed by atoms with Crippen LogP contribution in [0, 0.1) is 0 Å². The Balaban J connectivity index is 2.69. The first-order chi connectivity index (χ1) is 5.41. The zero-order valence-electron chi connectivity index (χ0n) is 6.38. The number of ether oxygens (including phenoxy) is 1. The summed E-state index contributed by atoms with van der Waals surface area (Å²) in [6.45, 7) is 2.93. The van der Waals surface area contributed by atoms with Crippen LogP contribution >= 0.6 is 28.5 Å². The van der Waals surface area contributed by atoms with Crippen LogP contribution in [0.4, 0.5) is 0 Å². The van der Waals surface area contributed by atoms with Gasteiger partial charge in [0.25, 0.3) is 0 Å². The van der Waals surface area contributed by atoms with Gasteiger partial charge in [-0.2, -0.15) is 0 Å². The minimum Gasteiger partial charge on any atom is -0.396 e. The maximum Gasteiger partial charge on any atom is 0.0793 e. The first kappa shape index (κ1) is 12.0. The van der Waals surface area contributed by atoms with Gasteiger partial charge in [-0.1, -0.05) is 0 Å². The highest BCUT2D eigenvalue weighted by molar-refractivity contribution is 14.2. The number of rotatable bonds is 8. The van der Waals surface area contributed by atoms with Crippen molar-refractivity contribution in [3.8, 4) is 0 Å². The highest BCUT2D eigenvalue weighted by Crippen LogP contribution is 2.21. The van der Waals surface area contributed by atoms with Gasteiger partial charge in [0.2, 0.25) is 0 Å². The highest BCUT2D eigenvalue weighted by atomic mass is 127. The van der Waals surface area contributed by atoms with E-state index in [4.69, 9.17) is 14.4 Å². The van der Waals surface area contributed by atoms with Crippen molar-refractivity contribution >= 4 is 28.5 Å². The second-order valence-electron chi connectivity index (χ2n) is 1.97. The number of halogens is 1. The summed E-state index contributed by atoms with van der Waals surface area (Å²) >= 11 is 2.19. The third-order valence-corrected chi connectivity index (χ3v) is 2.28. The third-order valence-electron chi connectivity index (χ3n) is 1.04. The number of hydrogen-bond acceptors (Lipinski definition) is 3. The average Bonchev–Trinajstić information content (AvgIpc) is 2.03. The number of aliphatic hydroxyl groups excluding tert-OH is 1. The maximum absolute atomic E-state index is 8.40. The van der Waals surface area contributed by atoms with Crippen LogP contribution in [0.15, 0.2) is 0 Å². The molecule has 0 aromatic carbocycles. The first-order valence-corrected chi connectivity index (χ1v) is 7.60. The molecule has 68 valence electrons. The fraction of sp³-hybridized carbons (Fsp3) is 1.00. The molecule has 0 amide bonds. The van der Waals surface area contributed by atoms with Crippen molar-refractivity contribution in [3.63, 3.8) is 0 Å². The van der Waals surface area contributed by atoms with Gasteiger partial charge in [-0.25, -0.2) is 0 Å². The molecule has 5 heteroatoms. The molecule has 1 N–H and O–H groups in total. The van der Waals surface area contributed by atoms with Crippen LogP contribution in [0.1, 0.15) is 12.8 Å². The van der Waals surface area contributed by atoms with E-state index in [1.807, 2.05) is 0 Å². The van der Waals surface area contributed by atoms with Gasteiger partial charge in [-0.05, 0) is 34.9 Å². The quantitative estimate of drug-likeness (QED) is 0.421. The van der Waals surface area contributed by atoms with Gasteiger partial charge in [0.1, 0.15) is 0 Å². The van der Waals surface area contributed by atoms with Crippen molar-refractivity contribution < 1.29 is 14.4 Å². The second kappa shape index (κ2) is 11.0. The molecular weight excluding hydrogens is 278 g/mol. The Hall–Kier alpha value is 1.04. The van der Waals surface area contributed by atoms with E-state index in [1.165, 1.54) is 0 Å². The fourth-order valence-electron chi connectivity index (χ4n) is 0.540. The molecule has 0 aromatic rings. The summed E-state index contributed by atoms with van der Waals surface area (Å²) in [5.41, 5.74) is 0. The van der Waals surface area contributed by atoms with E-state index < -0.39 is 0 Å². The van der Waals surface area contributed by atoms with E-state index in [0.717, 1.165) is 26.1 Å². The van der Waals surface area contributed by atoms with Gasteiger partial charge in [0.05, 0.1) is 13.1 Å². The maximum atomic E-state index is 8.40. The largest absolute Gasteiger partial charge is 0.396 e. The average molecular weight is 292 g/mol. The van der Waals surface area contributed by atoms with E-state index in [9.17, 15) is 0 Å². The smallest absolute Gasteiger partial charge is 0.0793 e. The monoisotopic (exact) mass is 292 g/mol. The van der Waals surface area contributed by atoms with Gasteiger partial charge in [0.15, 0.2) is 0 Å². The van der Waals surface area contributed by atoms with E-state index in [2.05, 4.69) is 22.0 Å². The van der Waals surface area contributed by atoms with Crippen LogP contribution < -0.4 is 0 Å². The van der Waals surface area contributed by atoms with E-state index in [0.29, 0.717) is 13.1 Å². The predicted molar refractivity (Wildman–Crippen MR) is 55.4 cm³/mol. The lowest BCUT2D eigenvalue weighted by Gasteiger charge is -2.01. The van der Waals surface area contributed by atoms with Crippen molar-refractivity contribution in [1.82, 2.24) is 0 Å². The molecule has 0 aromatic heterocycles. The van der Waals surface area contributed by atoms with E-state index in [-0.39, 0.29) is 6.61 Å². The van der Waals surface area contributed by atoms with E-state index >= 15 is 0 Å². The molecule has 0 aliphatic rings. The predicted octanol–water partition coefficient (Wildman–Crippen LogP) is 1.74. The van der Waals surface area contributed by atoms with Gasteiger partial charge in [-0.3, -0.25) is 0 Å². The van der Waals surface area contributed by atoms with Crippen molar-refractivity contribution in [2.45, 2.75) is 12.8 Å². The SMILES string of the molecule is OCCCOCCCOPI. The molecule has 0 fully saturated rings. The molecule has 3 nitrogen and oxygen atoms in total. The minimum absolute atomic E-state index is 0.214. The summed E-state index contributed by atoms with van der Waals surface area (Å²) in [5.74, 6) is 0. The van der Waals surface area contributed by atoms with Crippen LogP contribution in [-0.4, -0.2) is 31.5 Å². The zero-order chi connectivity index (χ0) is 8.36. The lowest BCUT2D eigenvalue weighted by Crippen LogP contribution is -2.00. The number of aliphatic hydroxyl groups is 1. The van der Waals surface area contributed by atoms with Crippen LogP contribution in [0.3, 0.4) is 0 Å². The Morgan fingerprint density at radius 2 is 1.91 bits per heavy atom. The summed E-state index contributed by atoms with van der Waals surface area (Å²) in [7, 11) is 0. The van der Waals surface area contributed by atoms with Gasteiger partial charge in [0, 0.05) is 19.8 Å². The van der Waals surface area contributed by atoms with Crippen LogP contribution in [0.25, 0.3) is 0 Å². The molecule has 1 atom stereocenters. The van der Waals surface area contributed by atoms with Crippen molar-refractivity contribution in [2.75, 3.05) is 26.4 Å². The Kier molecular flexibility index (Phi) is 12.1. The summed E-state index contributed by atoms with van der Waals surface area (Å²) in [5, 5.41) is 8.40. The first-order valence-electron chi connectivity index (χ1n) is 3.58. The second-order valence-corrected chi connectivity index (χ2v) is 3.73. The van der Waals surface area contributed by atoms with Gasteiger partial charge < -0.3 is 14.4 Å². The molecule has 0 heterocycles. The normalized spacial score (nSPS) is 11.5. The molecular formula is C6H14IO3P. The topological polar surface area (TPSA) is 38.7 Å². The molecule has 11 heavy (non-hydrogen) atoms. The number of hydrogen-bond donors (Lipinski definition) is 1. The Labute approximate surface area is 82.2 Å². The molecule has 1 unspecified atom stereocenters. The van der Waals surface area contributed by atoms with Crippen LogP contribution in [0.2, 0.25) is 0 Å². The Morgan fingerprint density at radius 3 is 2.55 bits per heavy atom. The minimum atomic E-state index is 0.214. The van der Waals surface area contributed by atoms with Crippen molar-refractivity contribution in [3.05, 3.63) is 0 Å². The van der Waals surface area contributed by atoms with Crippen molar-refractivity contribution in [2.24, 2.45) is 0 Å². The molecule has 0 radical (unpaired) electrons. The summed E-state index contributed by atoms with van der Waals surface area (Å²) in [6.07, 6.45) is 1.68. The van der Waals surface area contributed by atoms with Gasteiger partial charge in [-0.15, -0.1) is 0 Å². The van der Waals surface area contributed by atoms with Gasteiger partial charge >= 0.3 is 0 Å². The molecule has 0 saturated carbocycles. The molecule has 0 saturated heterocycles. The van der Waals surface area contributed by atoms with Crippen LogP contribution in [-0.2, 0) is 9.26 Å². The van der Waals surface area contributed by atoms with E-state index in [1.54, 1.807) is 0 Å². The molecule has 0 bridgehead atoms. The molecule has 0 spiro atoms. The Morgan fingerprint density at radius 1 is 1.18 bits per heavy atom. The molecule has 0 aliphatic heterocycles. The third kappa shape index (κ3) is 11.0. The summed E-state index contributed by atoms with van der Waals surface area (Å²) in [4.78, 5) is 0. The van der Waals surface area contributed by atoms with Crippen molar-refractivity contribution in [1.29, 1.82) is 0 Å². The Bertz CT molecular complexity index is 66.8. The highest BCUT2D eigenvalue weighted by Gasteiger charge is 1.88. The summed E-state index contributed by atoms with van der Waals surface area (Å²) < 4.78 is 10.3.